The zero-order valence-corrected chi connectivity index (χ0v) is 12.7. The van der Waals surface area contributed by atoms with Gasteiger partial charge in [0.05, 0.1) is 0 Å². The molecule has 1 aliphatic carbocycles. The molecule has 2 rings (SSSR count). The maximum absolute atomic E-state index is 13.1. The van der Waals surface area contributed by atoms with Gasteiger partial charge >= 0.3 is 0 Å². The van der Waals surface area contributed by atoms with E-state index >= 15 is 0 Å². The van der Waals surface area contributed by atoms with Crippen LogP contribution in [0.5, 0.6) is 0 Å². The Morgan fingerprint density at radius 1 is 1.37 bits per heavy atom. The fourth-order valence-corrected chi connectivity index (χ4v) is 4.22. The van der Waals surface area contributed by atoms with Gasteiger partial charge in [0.2, 0.25) is 0 Å². The molecule has 2 N–H and O–H groups in total. The highest BCUT2D eigenvalue weighted by Gasteiger charge is 2.40. The van der Waals surface area contributed by atoms with Crippen LogP contribution in [-0.4, -0.2) is 5.54 Å². The molecule has 2 unspecified atom stereocenters. The molecule has 0 bridgehead atoms. The van der Waals surface area contributed by atoms with Crippen molar-refractivity contribution in [3.63, 3.8) is 0 Å². The summed E-state index contributed by atoms with van der Waals surface area (Å²) in [4.78, 5) is 0. The number of hydrogen-bond acceptors (Lipinski definition) is 1. The van der Waals surface area contributed by atoms with Crippen molar-refractivity contribution in [3.05, 3.63) is 34.6 Å². The lowest BCUT2D eigenvalue weighted by Crippen LogP contribution is -2.50. The molecule has 1 saturated carbocycles. The van der Waals surface area contributed by atoms with Gasteiger partial charge in [-0.05, 0) is 54.7 Å². The average molecular weight is 284 g/mol. The molecular formula is C16H23ClFN. The van der Waals surface area contributed by atoms with E-state index in [9.17, 15) is 4.39 Å². The molecule has 3 heteroatoms. The van der Waals surface area contributed by atoms with E-state index in [1.165, 1.54) is 18.6 Å². The minimum atomic E-state index is -0.294. The quantitative estimate of drug-likeness (QED) is 0.846. The Balaban J connectivity index is 2.21. The van der Waals surface area contributed by atoms with Gasteiger partial charge < -0.3 is 5.73 Å². The molecule has 0 radical (unpaired) electrons. The molecule has 1 aromatic carbocycles. The number of halogens is 2. The Hall–Kier alpha value is -0.600. The van der Waals surface area contributed by atoms with Crippen LogP contribution in [-0.2, 0) is 6.42 Å². The number of benzene rings is 1. The van der Waals surface area contributed by atoms with Crippen LogP contribution in [0.15, 0.2) is 18.2 Å². The van der Waals surface area contributed by atoms with E-state index in [4.69, 9.17) is 17.3 Å². The molecule has 1 fully saturated rings. The maximum Gasteiger partial charge on any atom is 0.124 e. The van der Waals surface area contributed by atoms with Crippen molar-refractivity contribution in [2.45, 2.75) is 52.0 Å². The van der Waals surface area contributed by atoms with Crippen molar-refractivity contribution in [3.8, 4) is 0 Å². The van der Waals surface area contributed by atoms with Crippen molar-refractivity contribution in [1.29, 1.82) is 0 Å². The van der Waals surface area contributed by atoms with E-state index in [0.717, 1.165) is 24.8 Å². The van der Waals surface area contributed by atoms with Gasteiger partial charge in [-0.15, -0.1) is 0 Å². The highest BCUT2D eigenvalue weighted by Crippen LogP contribution is 2.44. The Bertz CT molecular complexity index is 472. The number of hydrogen-bond donors (Lipinski definition) is 1. The van der Waals surface area contributed by atoms with Crippen LogP contribution in [0.3, 0.4) is 0 Å². The first-order valence-electron chi connectivity index (χ1n) is 6.92. The fourth-order valence-electron chi connectivity index (χ4n) is 3.99. The zero-order chi connectivity index (χ0) is 14.3. The van der Waals surface area contributed by atoms with Crippen LogP contribution in [0.4, 0.5) is 4.39 Å². The second-order valence-electron chi connectivity index (χ2n) is 7.13. The van der Waals surface area contributed by atoms with Gasteiger partial charge in [0.25, 0.3) is 0 Å². The molecule has 0 aromatic heterocycles. The molecule has 1 aromatic rings. The third kappa shape index (κ3) is 3.70. The normalized spacial score (nSPS) is 30.3. The van der Waals surface area contributed by atoms with Crippen molar-refractivity contribution in [2.24, 2.45) is 17.1 Å². The molecule has 0 spiro atoms. The standard InChI is InChI=1S/C16H23ClFN/c1-11-7-15(2,3)10-16(19,8-11)9-12-4-5-13(18)6-14(12)17/h4-6,11H,7-10,19H2,1-3H3. The third-order valence-electron chi connectivity index (χ3n) is 4.04. The van der Waals surface area contributed by atoms with Gasteiger partial charge in [-0.1, -0.05) is 38.4 Å². The van der Waals surface area contributed by atoms with Crippen LogP contribution in [0.25, 0.3) is 0 Å². The summed E-state index contributed by atoms with van der Waals surface area (Å²) in [6.07, 6.45) is 3.92. The van der Waals surface area contributed by atoms with E-state index in [2.05, 4.69) is 20.8 Å². The number of nitrogens with two attached hydrogens (primary N) is 1. The number of rotatable bonds is 2. The summed E-state index contributed by atoms with van der Waals surface area (Å²) in [7, 11) is 0. The first-order chi connectivity index (χ1) is 8.69. The highest BCUT2D eigenvalue weighted by molar-refractivity contribution is 6.31. The lowest BCUT2D eigenvalue weighted by atomic mass is 9.63. The van der Waals surface area contributed by atoms with Crippen molar-refractivity contribution in [1.82, 2.24) is 0 Å². The predicted octanol–water partition coefficient (Wildman–Crippen LogP) is 4.57. The summed E-state index contributed by atoms with van der Waals surface area (Å²) >= 11 is 6.12. The molecular weight excluding hydrogens is 261 g/mol. The van der Waals surface area contributed by atoms with E-state index in [0.29, 0.717) is 10.9 Å². The summed E-state index contributed by atoms with van der Waals surface area (Å²) in [6, 6.07) is 4.60. The summed E-state index contributed by atoms with van der Waals surface area (Å²) in [5.74, 6) is 0.324. The lowest BCUT2D eigenvalue weighted by Gasteiger charge is -2.46. The maximum atomic E-state index is 13.1. The second kappa shape index (κ2) is 5.06. The highest BCUT2D eigenvalue weighted by atomic mass is 35.5. The monoisotopic (exact) mass is 283 g/mol. The Labute approximate surface area is 120 Å². The first kappa shape index (κ1) is 14.8. The van der Waals surface area contributed by atoms with Crippen LogP contribution in [0.1, 0.15) is 45.6 Å². The van der Waals surface area contributed by atoms with E-state index in [1.54, 1.807) is 6.07 Å². The molecule has 19 heavy (non-hydrogen) atoms. The fraction of sp³-hybridized carbons (Fsp3) is 0.625. The van der Waals surface area contributed by atoms with Crippen molar-refractivity contribution < 1.29 is 4.39 Å². The topological polar surface area (TPSA) is 26.0 Å². The van der Waals surface area contributed by atoms with Crippen molar-refractivity contribution in [2.75, 3.05) is 0 Å². The van der Waals surface area contributed by atoms with Crippen LogP contribution in [0.2, 0.25) is 5.02 Å². The molecule has 1 nitrogen and oxygen atoms in total. The SMILES string of the molecule is CC1CC(C)(C)CC(N)(Cc2ccc(F)cc2Cl)C1. The molecule has 0 heterocycles. The minimum Gasteiger partial charge on any atom is -0.325 e. The second-order valence-corrected chi connectivity index (χ2v) is 7.54. The van der Waals surface area contributed by atoms with Gasteiger partial charge in [0, 0.05) is 10.6 Å². The molecule has 0 saturated heterocycles. The summed E-state index contributed by atoms with van der Waals surface area (Å²) in [6.45, 7) is 6.81. The summed E-state index contributed by atoms with van der Waals surface area (Å²) in [5.41, 5.74) is 7.60. The molecule has 0 aliphatic heterocycles. The minimum absolute atomic E-state index is 0.233. The first-order valence-corrected chi connectivity index (χ1v) is 7.30. The predicted molar refractivity (Wildman–Crippen MR) is 78.8 cm³/mol. The van der Waals surface area contributed by atoms with Crippen LogP contribution in [0, 0.1) is 17.2 Å². The third-order valence-corrected chi connectivity index (χ3v) is 4.40. The summed E-state index contributed by atoms with van der Waals surface area (Å²) in [5, 5.41) is 0.487. The molecule has 1 aliphatic rings. The molecule has 0 amide bonds. The zero-order valence-electron chi connectivity index (χ0n) is 12.0. The van der Waals surface area contributed by atoms with Crippen molar-refractivity contribution >= 4 is 11.6 Å². The Kier molecular flexibility index (Phi) is 3.95. The van der Waals surface area contributed by atoms with Crippen LogP contribution >= 0.6 is 11.6 Å². The average Bonchev–Trinajstić information content (AvgIpc) is 2.18. The van der Waals surface area contributed by atoms with Crippen LogP contribution < -0.4 is 5.73 Å². The smallest absolute Gasteiger partial charge is 0.124 e. The largest absolute Gasteiger partial charge is 0.325 e. The molecule has 2 atom stereocenters. The van der Waals surface area contributed by atoms with E-state index < -0.39 is 0 Å². The van der Waals surface area contributed by atoms with Gasteiger partial charge in [-0.3, -0.25) is 0 Å². The van der Waals surface area contributed by atoms with Gasteiger partial charge in [0.1, 0.15) is 5.82 Å². The van der Waals surface area contributed by atoms with E-state index in [-0.39, 0.29) is 16.8 Å². The Morgan fingerprint density at radius 3 is 2.63 bits per heavy atom. The van der Waals surface area contributed by atoms with Gasteiger partial charge in [0.15, 0.2) is 0 Å². The van der Waals surface area contributed by atoms with E-state index in [1.807, 2.05) is 0 Å². The van der Waals surface area contributed by atoms with Gasteiger partial charge in [-0.2, -0.15) is 0 Å². The Morgan fingerprint density at radius 2 is 2.05 bits per heavy atom. The van der Waals surface area contributed by atoms with Gasteiger partial charge in [-0.25, -0.2) is 4.39 Å². The summed E-state index contributed by atoms with van der Waals surface area (Å²) < 4.78 is 13.1. The molecule has 106 valence electrons. The lowest BCUT2D eigenvalue weighted by molar-refractivity contribution is 0.108.